The first-order chi connectivity index (χ1) is 9.06. The van der Waals surface area contributed by atoms with Crippen LogP contribution in [0.25, 0.3) is 0 Å². The number of nitrogens with two attached hydrogens (primary N) is 1. The molecule has 1 aliphatic rings. The number of rotatable bonds is 5. The maximum absolute atomic E-state index is 11.8. The van der Waals surface area contributed by atoms with E-state index in [9.17, 15) is 9.59 Å². The predicted octanol–water partition coefficient (Wildman–Crippen LogP) is 0.752. The van der Waals surface area contributed by atoms with E-state index in [0.717, 1.165) is 17.7 Å². The molecule has 1 unspecified atom stereocenters. The van der Waals surface area contributed by atoms with Gasteiger partial charge in [-0.15, -0.1) is 0 Å². The van der Waals surface area contributed by atoms with Crippen LogP contribution in [0.5, 0.6) is 5.75 Å². The van der Waals surface area contributed by atoms with Crippen molar-refractivity contribution in [2.24, 2.45) is 5.73 Å². The van der Waals surface area contributed by atoms with E-state index in [4.69, 9.17) is 15.6 Å². The molecule has 1 amide bonds. The van der Waals surface area contributed by atoms with E-state index in [-0.39, 0.29) is 18.7 Å². The van der Waals surface area contributed by atoms with Gasteiger partial charge in [0.05, 0.1) is 12.6 Å². The zero-order valence-electron chi connectivity index (χ0n) is 10.4. The number of amides is 1. The summed E-state index contributed by atoms with van der Waals surface area (Å²) in [5, 5.41) is 11.2. The minimum absolute atomic E-state index is 0.118. The van der Waals surface area contributed by atoms with Gasteiger partial charge < -0.3 is 20.9 Å². The van der Waals surface area contributed by atoms with Crippen molar-refractivity contribution in [1.82, 2.24) is 0 Å². The molecule has 0 bridgehead atoms. The summed E-state index contributed by atoms with van der Waals surface area (Å²) in [7, 11) is 0. The Bertz CT molecular complexity index is 501. The lowest BCUT2D eigenvalue weighted by atomic mass is 10.1. The number of carboxylic acid groups (broad SMARTS) is 1. The van der Waals surface area contributed by atoms with Gasteiger partial charge in [-0.3, -0.25) is 9.59 Å². The molecule has 0 spiro atoms. The van der Waals surface area contributed by atoms with Crippen molar-refractivity contribution in [1.29, 1.82) is 0 Å². The zero-order valence-corrected chi connectivity index (χ0v) is 10.4. The van der Waals surface area contributed by atoms with Crippen molar-refractivity contribution in [3.8, 4) is 5.75 Å². The van der Waals surface area contributed by atoms with Gasteiger partial charge in [-0.05, 0) is 30.2 Å². The number of hydrogen-bond acceptors (Lipinski definition) is 4. The van der Waals surface area contributed by atoms with Gasteiger partial charge in [-0.25, -0.2) is 0 Å². The number of carbonyl (C=O) groups is 2. The number of aliphatic carboxylic acids is 1. The molecule has 1 atom stereocenters. The molecular weight excluding hydrogens is 248 g/mol. The topological polar surface area (TPSA) is 102 Å². The van der Waals surface area contributed by atoms with Crippen LogP contribution in [0.2, 0.25) is 0 Å². The van der Waals surface area contributed by atoms with Gasteiger partial charge in [0.15, 0.2) is 0 Å². The van der Waals surface area contributed by atoms with E-state index in [1.165, 1.54) is 0 Å². The standard InChI is InChI=1S/C13H16N2O4/c14-10(2-4-12(16)17)13(18)15-9-1-3-11-8(7-9)5-6-19-11/h1,3,7,10H,2,4-6,14H2,(H,15,18)(H,16,17). The van der Waals surface area contributed by atoms with Crippen molar-refractivity contribution >= 4 is 17.6 Å². The largest absolute Gasteiger partial charge is 0.493 e. The fourth-order valence-electron chi connectivity index (χ4n) is 1.91. The number of benzene rings is 1. The molecule has 4 N–H and O–H groups in total. The number of carbonyl (C=O) groups excluding carboxylic acids is 1. The van der Waals surface area contributed by atoms with Gasteiger partial charge in [0.25, 0.3) is 0 Å². The first kappa shape index (κ1) is 13.4. The van der Waals surface area contributed by atoms with E-state index >= 15 is 0 Å². The van der Waals surface area contributed by atoms with Crippen molar-refractivity contribution in [2.45, 2.75) is 25.3 Å². The van der Waals surface area contributed by atoms with Crippen LogP contribution >= 0.6 is 0 Å². The average molecular weight is 264 g/mol. The van der Waals surface area contributed by atoms with Gasteiger partial charge in [0, 0.05) is 18.5 Å². The Morgan fingerprint density at radius 3 is 3.00 bits per heavy atom. The molecule has 1 aromatic carbocycles. The second-order valence-electron chi connectivity index (χ2n) is 4.45. The maximum Gasteiger partial charge on any atom is 0.303 e. The van der Waals surface area contributed by atoms with Crippen molar-refractivity contribution in [2.75, 3.05) is 11.9 Å². The quantitative estimate of drug-likeness (QED) is 0.728. The van der Waals surface area contributed by atoms with Gasteiger partial charge in [0.1, 0.15) is 5.75 Å². The highest BCUT2D eigenvalue weighted by Gasteiger charge is 2.17. The highest BCUT2D eigenvalue weighted by atomic mass is 16.5. The summed E-state index contributed by atoms with van der Waals surface area (Å²) in [5.74, 6) is -0.494. The Morgan fingerprint density at radius 2 is 2.26 bits per heavy atom. The molecule has 0 saturated heterocycles. The lowest BCUT2D eigenvalue weighted by Crippen LogP contribution is -2.36. The Kier molecular flexibility index (Phi) is 4.01. The lowest BCUT2D eigenvalue weighted by molar-refractivity contribution is -0.137. The number of hydrogen-bond donors (Lipinski definition) is 3. The molecule has 0 saturated carbocycles. The third kappa shape index (κ3) is 3.45. The van der Waals surface area contributed by atoms with Crippen LogP contribution in [0.1, 0.15) is 18.4 Å². The van der Waals surface area contributed by atoms with Crippen LogP contribution in [0.15, 0.2) is 18.2 Å². The van der Waals surface area contributed by atoms with Crippen molar-refractivity contribution < 1.29 is 19.4 Å². The summed E-state index contributed by atoms with van der Waals surface area (Å²) in [6, 6.07) is 4.58. The van der Waals surface area contributed by atoms with Crippen molar-refractivity contribution in [3.05, 3.63) is 23.8 Å². The van der Waals surface area contributed by atoms with Gasteiger partial charge in [-0.2, -0.15) is 0 Å². The smallest absolute Gasteiger partial charge is 0.303 e. The summed E-state index contributed by atoms with van der Waals surface area (Å²) in [6.07, 6.45) is 0.825. The third-order valence-electron chi connectivity index (χ3n) is 2.96. The fourth-order valence-corrected chi connectivity index (χ4v) is 1.91. The second kappa shape index (κ2) is 5.71. The van der Waals surface area contributed by atoms with Crippen LogP contribution in [-0.2, 0) is 16.0 Å². The average Bonchev–Trinajstić information content (AvgIpc) is 2.83. The van der Waals surface area contributed by atoms with Crippen molar-refractivity contribution in [3.63, 3.8) is 0 Å². The van der Waals surface area contributed by atoms with E-state index < -0.39 is 12.0 Å². The van der Waals surface area contributed by atoms with Crippen LogP contribution in [-0.4, -0.2) is 29.6 Å². The molecule has 1 aromatic rings. The van der Waals surface area contributed by atoms with E-state index in [0.29, 0.717) is 12.3 Å². The van der Waals surface area contributed by atoms with E-state index in [1.807, 2.05) is 6.07 Å². The lowest BCUT2D eigenvalue weighted by Gasteiger charge is -2.11. The van der Waals surface area contributed by atoms with Gasteiger partial charge in [0.2, 0.25) is 5.91 Å². The predicted molar refractivity (Wildman–Crippen MR) is 69.1 cm³/mol. The molecule has 0 radical (unpaired) electrons. The normalized spacial score (nSPS) is 14.4. The fraction of sp³-hybridized carbons (Fsp3) is 0.385. The summed E-state index contributed by atoms with van der Waals surface area (Å²) in [6.45, 7) is 0.658. The first-order valence-electron chi connectivity index (χ1n) is 6.10. The Morgan fingerprint density at radius 1 is 1.47 bits per heavy atom. The molecule has 0 aromatic heterocycles. The Labute approximate surface area is 110 Å². The maximum atomic E-state index is 11.8. The Balaban J connectivity index is 1.93. The molecule has 0 fully saturated rings. The van der Waals surface area contributed by atoms with Gasteiger partial charge in [-0.1, -0.05) is 0 Å². The molecule has 6 nitrogen and oxygen atoms in total. The highest BCUT2D eigenvalue weighted by Crippen LogP contribution is 2.27. The van der Waals surface area contributed by atoms with E-state index in [1.54, 1.807) is 12.1 Å². The number of carboxylic acids is 1. The molecule has 6 heteroatoms. The molecular formula is C13H16N2O4. The number of ether oxygens (including phenoxy) is 1. The van der Waals surface area contributed by atoms with Crippen LogP contribution in [0, 0.1) is 0 Å². The van der Waals surface area contributed by atoms with Gasteiger partial charge >= 0.3 is 5.97 Å². The summed E-state index contributed by atoms with van der Waals surface area (Å²) >= 11 is 0. The highest BCUT2D eigenvalue weighted by molar-refractivity contribution is 5.95. The SMILES string of the molecule is NC(CCC(=O)O)C(=O)Nc1ccc2c(c1)CCO2. The summed E-state index contributed by atoms with van der Waals surface area (Å²) in [4.78, 5) is 22.2. The number of anilines is 1. The minimum Gasteiger partial charge on any atom is -0.493 e. The third-order valence-corrected chi connectivity index (χ3v) is 2.96. The zero-order chi connectivity index (χ0) is 13.8. The molecule has 102 valence electrons. The van der Waals surface area contributed by atoms with Crippen LogP contribution in [0.4, 0.5) is 5.69 Å². The van der Waals surface area contributed by atoms with Crippen LogP contribution < -0.4 is 15.8 Å². The second-order valence-corrected chi connectivity index (χ2v) is 4.45. The minimum atomic E-state index is -0.960. The molecule has 2 rings (SSSR count). The summed E-state index contributed by atoms with van der Waals surface area (Å²) < 4.78 is 5.37. The number of nitrogens with one attached hydrogen (secondary N) is 1. The number of fused-ring (bicyclic) bond motifs is 1. The Hall–Kier alpha value is -2.08. The molecule has 0 aliphatic carbocycles. The summed E-state index contributed by atoms with van der Waals surface area (Å²) in [5.41, 5.74) is 7.33. The van der Waals surface area contributed by atoms with Crippen LogP contribution in [0.3, 0.4) is 0 Å². The van der Waals surface area contributed by atoms with E-state index in [2.05, 4.69) is 5.32 Å². The molecule has 1 heterocycles. The first-order valence-corrected chi connectivity index (χ1v) is 6.10. The molecule has 1 aliphatic heterocycles. The monoisotopic (exact) mass is 264 g/mol. The molecule has 19 heavy (non-hydrogen) atoms.